The molecule has 1 N–H and O–H groups in total. The molecule has 6 nitrogen and oxygen atoms in total. The molecule has 0 unspecified atom stereocenters. The van der Waals surface area contributed by atoms with Gasteiger partial charge in [-0.2, -0.15) is 0 Å². The Kier molecular flexibility index (Phi) is 3.50. The van der Waals surface area contributed by atoms with Crippen LogP contribution in [0.1, 0.15) is 48.0 Å². The molecule has 19 heavy (non-hydrogen) atoms. The van der Waals surface area contributed by atoms with E-state index in [1.54, 1.807) is 7.11 Å². The largest absolute Gasteiger partial charge is 0.384 e. The minimum atomic E-state index is -0.0426. The van der Waals surface area contributed by atoms with Gasteiger partial charge >= 0.3 is 0 Å². The number of aromatic nitrogens is 3. The van der Waals surface area contributed by atoms with Crippen LogP contribution in [-0.2, 0) is 4.74 Å². The van der Waals surface area contributed by atoms with Crippen LogP contribution in [0.4, 0.5) is 0 Å². The Morgan fingerprint density at radius 1 is 1.37 bits per heavy atom. The predicted molar refractivity (Wildman–Crippen MR) is 68.9 cm³/mol. The van der Waals surface area contributed by atoms with E-state index in [1.807, 2.05) is 4.90 Å². The lowest BCUT2D eigenvalue weighted by Gasteiger charge is -2.30. The molecule has 6 heteroatoms. The fourth-order valence-corrected chi connectivity index (χ4v) is 2.59. The van der Waals surface area contributed by atoms with Crippen LogP contribution in [0.15, 0.2) is 0 Å². The van der Waals surface area contributed by atoms with Gasteiger partial charge in [-0.05, 0) is 31.6 Å². The van der Waals surface area contributed by atoms with Crippen molar-refractivity contribution in [2.24, 2.45) is 5.92 Å². The van der Waals surface area contributed by atoms with Crippen molar-refractivity contribution in [3.05, 3.63) is 11.6 Å². The number of amides is 1. The summed E-state index contributed by atoms with van der Waals surface area (Å²) in [5.41, 5.74) is 0. The molecule has 1 aliphatic carbocycles. The zero-order chi connectivity index (χ0) is 13.2. The summed E-state index contributed by atoms with van der Waals surface area (Å²) in [7, 11) is 1.73. The fraction of sp³-hybridized carbons (Fsp3) is 0.769. The van der Waals surface area contributed by atoms with Crippen LogP contribution in [0.5, 0.6) is 0 Å². The maximum Gasteiger partial charge on any atom is 0.293 e. The van der Waals surface area contributed by atoms with Crippen molar-refractivity contribution in [3.8, 4) is 0 Å². The number of aromatic amines is 1. The maximum atomic E-state index is 12.3. The summed E-state index contributed by atoms with van der Waals surface area (Å²) in [6.07, 6.45) is 4.31. The molecule has 1 saturated carbocycles. The Morgan fingerprint density at radius 2 is 2.11 bits per heavy atom. The summed E-state index contributed by atoms with van der Waals surface area (Å²) in [4.78, 5) is 18.4. The van der Waals surface area contributed by atoms with Gasteiger partial charge in [0, 0.05) is 32.7 Å². The number of rotatable bonds is 4. The van der Waals surface area contributed by atoms with Crippen molar-refractivity contribution in [3.63, 3.8) is 0 Å². The summed E-state index contributed by atoms with van der Waals surface area (Å²) in [6.45, 7) is 2.34. The molecule has 0 bridgehead atoms. The number of likely N-dealkylation sites (tertiary alicyclic amines) is 1. The van der Waals surface area contributed by atoms with Gasteiger partial charge in [-0.1, -0.05) is 0 Å². The van der Waals surface area contributed by atoms with Crippen LogP contribution in [0.2, 0.25) is 0 Å². The first-order valence-corrected chi connectivity index (χ1v) is 6.98. The Balaban J connectivity index is 1.57. The summed E-state index contributed by atoms with van der Waals surface area (Å²) < 4.78 is 5.17. The van der Waals surface area contributed by atoms with Crippen molar-refractivity contribution in [2.45, 2.75) is 31.6 Å². The molecule has 0 aromatic carbocycles. The lowest BCUT2D eigenvalue weighted by Crippen LogP contribution is -2.39. The monoisotopic (exact) mass is 264 g/mol. The lowest BCUT2D eigenvalue weighted by atomic mass is 9.98. The number of H-pyrrole nitrogens is 1. The van der Waals surface area contributed by atoms with Gasteiger partial charge in [0.2, 0.25) is 5.82 Å². The zero-order valence-electron chi connectivity index (χ0n) is 11.3. The van der Waals surface area contributed by atoms with Gasteiger partial charge in [0.25, 0.3) is 5.91 Å². The van der Waals surface area contributed by atoms with Gasteiger partial charge in [0.05, 0.1) is 0 Å². The highest BCUT2D eigenvalue weighted by atomic mass is 16.5. The van der Waals surface area contributed by atoms with Crippen LogP contribution in [0, 0.1) is 5.92 Å². The molecule has 0 spiro atoms. The van der Waals surface area contributed by atoms with E-state index in [4.69, 9.17) is 4.74 Å². The molecule has 0 radical (unpaired) electrons. The highest BCUT2D eigenvalue weighted by Crippen LogP contribution is 2.37. The van der Waals surface area contributed by atoms with Gasteiger partial charge in [0.1, 0.15) is 5.82 Å². The van der Waals surface area contributed by atoms with Crippen LogP contribution in [-0.4, -0.2) is 52.8 Å². The molecule has 1 saturated heterocycles. The second-order valence-electron chi connectivity index (χ2n) is 5.51. The van der Waals surface area contributed by atoms with Crippen LogP contribution < -0.4 is 0 Å². The van der Waals surface area contributed by atoms with Crippen molar-refractivity contribution < 1.29 is 9.53 Å². The van der Waals surface area contributed by atoms with Crippen molar-refractivity contribution in [2.75, 3.05) is 26.8 Å². The molecule has 104 valence electrons. The molecular formula is C13H20N4O2. The third-order valence-electron chi connectivity index (χ3n) is 3.96. The molecule has 2 aliphatic rings. The number of hydrogen-bond donors (Lipinski definition) is 1. The number of methoxy groups -OCH3 is 1. The molecule has 1 aromatic heterocycles. The zero-order valence-corrected chi connectivity index (χ0v) is 11.3. The first-order chi connectivity index (χ1) is 9.28. The number of nitrogens with one attached hydrogen (secondary N) is 1. The summed E-state index contributed by atoms with van der Waals surface area (Å²) in [5.74, 6) is 2.23. The molecule has 1 aromatic rings. The number of carbonyl (C=O) groups excluding carboxylic acids is 1. The Bertz CT molecular complexity index is 447. The second-order valence-corrected chi connectivity index (χ2v) is 5.51. The smallest absolute Gasteiger partial charge is 0.293 e. The number of carbonyl (C=O) groups is 1. The molecule has 3 rings (SSSR count). The van der Waals surface area contributed by atoms with E-state index in [-0.39, 0.29) is 5.91 Å². The SMILES string of the molecule is COCC1CCN(C(=O)c2n[nH]c(C3CC3)n2)CC1. The van der Waals surface area contributed by atoms with Gasteiger partial charge < -0.3 is 9.64 Å². The lowest BCUT2D eigenvalue weighted by molar-refractivity contribution is 0.0603. The van der Waals surface area contributed by atoms with Gasteiger partial charge in [-0.15, -0.1) is 5.10 Å². The maximum absolute atomic E-state index is 12.3. The van der Waals surface area contributed by atoms with Gasteiger partial charge in [-0.25, -0.2) is 4.98 Å². The summed E-state index contributed by atoms with van der Waals surface area (Å²) in [6, 6.07) is 0. The normalized spacial score (nSPS) is 20.8. The molecular weight excluding hydrogens is 244 g/mol. The van der Waals surface area contributed by atoms with E-state index >= 15 is 0 Å². The fourth-order valence-electron chi connectivity index (χ4n) is 2.59. The highest BCUT2D eigenvalue weighted by molar-refractivity contribution is 5.90. The van der Waals surface area contributed by atoms with Crippen LogP contribution >= 0.6 is 0 Å². The summed E-state index contributed by atoms with van der Waals surface area (Å²) >= 11 is 0. The van der Waals surface area contributed by atoms with E-state index in [2.05, 4.69) is 15.2 Å². The highest BCUT2D eigenvalue weighted by Gasteiger charge is 2.30. The first-order valence-electron chi connectivity index (χ1n) is 6.98. The molecule has 2 fully saturated rings. The third kappa shape index (κ3) is 2.78. The van der Waals surface area contributed by atoms with E-state index < -0.39 is 0 Å². The average Bonchev–Trinajstić information content (AvgIpc) is 3.17. The van der Waals surface area contributed by atoms with E-state index in [0.29, 0.717) is 17.7 Å². The van der Waals surface area contributed by atoms with Gasteiger partial charge in [-0.3, -0.25) is 9.89 Å². The minimum Gasteiger partial charge on any atom is -0.384 e. The second kappa shape index (κ2) is 5.28. The number of piperidine rings is 1. The van der Waals surface area contributed by atoms with E-state index in [0.717, 1.165) is 51.2 Å². The van der Waals surface area contributed by atoms with E-state index in [1.165, 1.54) is 0 Å². The van der Waals surface area contributed by atoms with Crippen molar-refractivity contribution in [1.82, 2.24) is 20.1 Å². The Hall–Kier alpha value is -1.43. The van der Waals surface area contributed by atoms with Gasteiger partial charge in [0.15, 0.2) is 0 Å². The van der Waals surface area contributed by atoms with Crippen molar-refractivity contribution >= 4 is 5.91 Å². The Morgan fingerprint density at radius 3 is 2.74 bits per heavy atom. The molecule has 1 amide bonds. The number of hydrogen-bond acceptors (Lipinski definition) is 4. The number of ether oxygens (including phenoxy) is 1. The predicted octanol–water partition coefficient (Wildman–Crippen LogP) is 1.18. The topological polar surface area (TPSA) is 71.1 Å². The Labute approximate surface area is 112 Å². The van der Waals surface area contributed by atoms with E-state index in [9.17, 15) is 4.79 Å². The molecule has 2 heterocycles. The van der Waals surface area contributed by atoms with Crippen LogP contribution in [0.3, 0.4) is 0 Å². The van der Waals surface area contributed by atoms with Crippen LogP contribution in [0.25, 0.3) is 0 Å². The quantitative estimate of drug-likeness (QED) is 0.886. The molecule has 1 aliphatic heterocycles. The average molecular weight is 264 g/mol. The standard InChI is InChI=1S/C13H20N4O2/c1-19-8-9-4-6-17(7-5-9)13(18)12-14-11(15-16-12)10-2-3-10/h9-10H,2-8H2,1H3,(H,14,15,16). The minimum absolute atomic E-state index is 0.0426. The first kappa shape index (κ1) is 12.6. The molecule has 0 atom stereocenters. The third-order valence-corrected chi connectivity index (χ3v) is 3.96. The number of nitrogens with zero attached hydrogens (tertiary/aromatic N) is 3. The summed E-state index contributed by atoms with van der Waals surface area (Å²) in [5, 5.41) is 6.94. The van der Waals surface area contributed by atoms with Crippen molar-refractivity contribution in [1.29, 1.82) is 0 Å².